The highest BCUT2D eigenvalue weighted by Crippen LogP contribution is 2.25. The van der Waals surface area contributed by atoms with Crippen LogP contribution in [0.25, 0.3) is 0 Å². The molecule has 0 aromatic rings. The minimum atomic E-state index is -0.383. The third-order valence-electron chi connectivity index (χ3n) is 3.70. The maximum Gasteiger partial charge on any atom is 0.317 e. The zero-order chi connectivity index (χ0) is 14.1. The molecule has 0 bridgehead atoms. The Kier molecular flexibility index (Phi) is 7.46. The van der Waals surface area contributed by atoms with E-state index < -0.39 is 0 Å². The van der Waals surface area contributed by atoms with Gasteiger partial charge in [0, 0.05) is 0 Å². The quantitative estimate of drug-likeness (QED) is 0.274. The summed E-state index contributed by atoms with van der Waals surface area (Å²) in [4.78, 5) is 22.4. The second-order valence-corrected chi connectivity index (χ2v) is 5.45. The molecule has 3 heteroatoms. The Labute approximate surface area is 116 Å². The van der Waals surface area contributed by atoms with Crippen molar-refractivity contribution >= 4 is 11.9 Å². The number of allylic oxidation sites excluding steroid dienone is 2. The summed E-state index contributed by atoms with van der Waals surface area (Å²) >= 11 is 0. The van der Waals surface area contributed by atoms with E-state index in [0.717, 1.165) is 6.42 Å². The molecule has 2 unspecified atom stereocenters. The van der Waals surface area contributed by atoms with Crippen LogP contribution in [0.5, 0.6) is 0 Å². The van der Waals surface area contributed by atoms with E-state index >= 15 is 0 Å². The van der Waals surface area contributed by atoms with Crippen LogP contribution in [0.4, 0.5) is 0 Å². The molecule has 1 fully saturated rings. The van der Waals surface area contributed by atoms with Gasteiger partial charge in [-0.3, -0.25) is 9.59 Å². The van der Waals surface area contributed by atoms with Crippen LogP contribution in [0.2, 0.25) is 0 Å². The molecule has 0 aliphatic carbocycles. The fourth-order valence-corrected chi connectivity index (χ4v) is 2.38. The highest BCUT2D eigenvalue weighted by atomic mass is 16.6. The Balaban J connectivity index is 2.11. The number of esters is 2. The molecule has 0 spiro atoms. The maximum absolute atomic E-state index is 11.4. The van der Waals surface area contributed by atoms with E-state index in [1.54, 1.807) is 0 Å². The van der Waals surface area contributed by atoms with Gasteiger partial charge < -0.3 is 4.74 Å². The van der Waals surface area contributed by atoms with Crippen molar-refractivity contribution < 1.29 is 14.3 Å². The Morgan fingerprint density at radius 2 is 1.89 bits per heavy atom. The molecule has 1 aliphatic rings. The average Bonchev–Trinajstić information content (AvgIpc) is 2.71. The van der Waals surface area contributed by atoms with Gasteiger partial charge >= 0.3 is 11.9 Å². The van der Waals surface area contributed by atoms with Crippen LogP contribution in [0.3, 0.4) is 0 Å². The molecule has 2 atom stereocenters. The minimum absolute atomic E-state index is 0.0963. The summed E-state index contributed by atoms with van der Waals surface area (Å²) in [6, 6.07) is 0. The molecular weight excluding hydrogens is 240 g/mol. The lowest BCUT2D eigenvalue weighted by Crippen LogP contribution is -2.14. The number of unbranched alkanes of at least 4 members (excludes halogenated alkanes) is 6. The first kappa shape index (κ1) is 15.9. The molecule has 19 heavy (non-hydrogen) atoms. The molecule has 1 aliphatic heterocycles. The van der Waals surface area contributed by atoms with Crippen LogP contribution in [-0.4, -0.2) is 11.9 Å². The highest BCUT2D eigenvalue weighted by molar-refractivity contribution is 5.94. The van der Waals surface area contributed by atoms with E-state index in [1.807, 2.05) is 6.92 Å². The van der Waals surface area contributed by atoms with E-state index in [4.69, 9.17) is 0 Å². The van der Waals surface area contributed by atoms with Gasteiger partial charge in [0.1, 0.15) is 0 Å². The normalized spacial score (nSPS) is 21.1. The van der Waals surface area contributed by atoms with Crippen LogP contribution in [0.15, 0.2) is 12.2 Å². The molecule has 1 rings (SSSR count). The number of ether oxygens (including phenoxy) is 1. The number of hydrogen-bond donors (Lipinski definition) is 0. The topological polar surface area (TPSA) is 43.4 Å². The molecule has 0 aromatic heterocycles. The van der Waals surface area contributed by atoms with Crippen molar-refractivity contribution in [3.8, 4) is 0 Å². The Morgan fingerprint density at radius 3 is 2.53 bits per heavy atom. The molecule has 108 valence electrons. The third kappa shape index (κ3) is 6.04. The molecule has 3 nitrogen and oxygen atoms in total. The van der Waals surface area contributed by atoms with Gasteiger partial charge in [0.15, 0.2) is 0 Å². The van der Waals surface area contributed by atoms with Crippen molar-refractivity contribution in [2.45, 2.75) is 65.2 Å². The fraction of sp³-hybridized carbons (Fsp3) is 0.750. The lowest BCUT2D eigenvalue weighted by molar-refractivity contribution is -0.153. The number of cyclic esters (lactones) is 2. The van der Waals surface area contributed by atoms with Crippen molar-refractivity contribution in [3.05, 3.63) is 12.2 Å². The van der Waals surface area contributed by atoms with Gasteiger partial charge in [0.05, 0.1) is 12.3 Å². The van der Waals surface area contributed by atoms with E-state index in [-0.39, 0.29) is 30.2 Å². The predicted octanol–water partition coefficient (Wildman–Crippen LogP) is 4.02. The monoisotopic (exact) mass is 266 g/mol. The first-order valence-corrected chi connectivity index (χ1v) is 7.56. The minimum Gasteiger partial charge on any atom is -0.393 e. The summed E-state index contributed by atoms with van der Waals surface area (Å²) in [5, 5.41) is 0. The average molecular weight is 266 g/mol. The Morgan fingerprint density at radius 1 is 1.21 bits per heavy atom. The van der Waals surface area contributed by atoms with E-state index in [0.29, 0.717) is 0 Å². The van der Waals surface area contributed by atoms with Crippen molar-refractivity contribution in [2.24, 2.45) is 11.8 Å². The van der Waals surface area contributed by atoms with Crippen molar-refractivity contribution in [1.29, 1.82) is 0 Å². The number of carbonyl (C=O) groups is 2. The number of rotatable bonds is 9. The zero-order valence-electron chi connectivity index (χ0n) is 12.2. The van der Waals surface area contributed by atoms with Gasteiger partial charge in [-0.15, -0.1) is 0 Å². The predicted molar refractivity (Wildman–Crippen MR) is 75.5 cm³/mol. The smallest absolute Gasteiger partial charge is 0.317 e. The number of carbonyl (C=O) groups excluding carboxylic acids is 2. The van der Waals surface area contributed by atoms with Crippen molar-refractivity contribution in [2.75, 3.05) is 0 Å². The molecule has 0 N–H and O–H groups in total. The van der Waals surface area contributed by atoms with E-state index in [9.17, 15) is 9.59 Å². The molecule has 0 radical (unpaired) electrons. The fourth-order valence-electron chi connectivity index (χ4n) is 2.38. The second kappa shape index (κ2) is 8.89. The molecule has 0 aromatic carbocycles. The van der Waals surface area contributed by atoms with Gasteiger partial charge in [-0.05, 0) is 18.8 Å². The standard InChI is InChI=1S/C16H26O3/c1-3-4-5-6-7-8-9-10-11-13(2)14-12-15(17)19-16(14)18/h10-11,13-14H,3-9,12H2,1-2H3. The van der Waals surface area contributed by atoms with Crippen LogP contribution < -0.4 is 0 Å². The second-order valence-electron chi connectivity index (χ2n) is 5.45. The van der Waals surface area contributed by atoms with Crippen LogP contribution >= 0.6 is 0 Å². The lowest BCUT2D eigenvalue weighted by atomic mass is 9.92. The van der Waals surface area contributed by atoms with Gasteiger partial charge in [0.2, 0.25) is 0 Å². The van der Waals surface area contributed by atoms with Crippen LogP contribution in [0.1, 0.15) is 65.2 Å². The van der Waals surface area contributed by atoms with Gasteiger partial charge in [-0.2, -0.15) is 0 Å². The summed E-state index contributed by atoms with van der Waals surface area (Å²) in [5.41, 5.74) is 0. The van der Waals surface area contributed by atoms with E-state index in [2.05, 4.69) is 23.8 Å². The summed E-state index contributed by atoms with van der Waals surface area (Å²) in [7, 11) is 0. The molecule has 0 saturated carbocycles. The Hall–Kier alpha value is -1.12. The molecule has 0 amide bonds. The zero-order valence-corrected chi connectivity index (χ0v) is 12.2. The summed E-state index contributed by atoms with van der Waals surface area (Å²) < 4.78 is 4.57. The van der Waals surface area contributed by atoms with Gasteiger partial charge in [-0.25, -0.2) is 0 Å². The first-order chi connectivity index (χ1) is 9.15. The van der Waals surface area contributed by atoms with Crippen molar-refractivity contribution in [1.82, 2.24) is 0 Å². The third-order valence-corrected chi connectivity index (χ3v) is 3.70. The molecular formula is C16H26O3. The van der Waals surface area contributed by atoms with Crippen molar-refractivity contribution in [3.63, 3.8) is 0 Å². The first-order valence-electron chi connectivity index (χ1n) is 7.56. The summed E-state index contributed by atoms with van der Waals surface area (Å²) in [6.07, 6.45) is 13.3. The number of hydrogen-bond acceptors (Lipinski definition) is 3. The van der Waals surface area contributed by atoms with Crippen LogP contribution in [0, 0.1) is 11.8 Å². The van der Waals surface area contributed by atoms with Crippen LogP contribution in [-0.2, 0) is 14.3 Å². The van der Waals surface area contributed by atoms with E-state index in [1.165, 1.54) is 38.5 Å². The summed E-state index contributed by atoms with van der Waals surface area (Å²) in [6.45, 7) is 4.20. The SMILES string of the molecule is CCCCCCCCC=CC(C)C1CC(=O)OC1=O. The van der Waals surface area contributed by atoms with Gasteiger partial charge in [-0.1, -0.05) is 58.1 Å². The maximum atomic E-state index is 11.4. The molecule has 1 heterocycles. The van der Waals surface area contributed by atoms with Gasteiger partial charge in [0.25, 0.3) is 0 Å². The lowest BCUT2D eigenvalue weighted by Gasteiger charge is -2.09. The highest BCUT2D eigenvalue weighted by Gasteiger charge is 2.36. The Bertz CT molecular complexity index is 320. The summed E-state index contributed by atoms with van der Waals surface area (Å²) in [5.74, 6) is -0.916. The largest absolute Gasteiger partial charge is 0.393 e. The molecule has 1 saturated heterocycles.